The number of nitrogen functional groups attached to an aromatic ring is 1. The van der Waals surface area contributed by atoms with Crippen LogP contribution in [0.3, 0.4) is 0 Å². The van der Waals surface area contributed by atoms with Crippen molar-refractivity contribution in [3.8, 4) is 0 Å². The third-order valence-corrected chi connectivity index (χ3v) is 2.81. The van der Waals surface area contributed by atoms with E-state index >= 15 is 0 Å². The molecule has 110 valence electrons. The van der Waals surface area contributed by atoms with Crippen LogP contribution in [0.15, 0.2) is 12.1 Å². The molecule has 0 aliphatic carbocycles. The van der Waals surface area contributed by atoms with E-state index in [-0.39, 0.29) is 29.7 Å². The fourth-order valence-electron chi connectivity index (χ4n) is 1.70. The van der Waals surface area contributed by atoms with Gasteiger partial charge >= 0.3 is 0 Å². The van der Waals surface area contributed by atoms with E-state index < -0.39 is 11.7 Å². The molecule has 1 aromatic rings. The van der Waals surface area contributed by atoms with Crippen LogP contribution in [0, 0.1) is 12.7 Å². The van der Waals surface area contributed by atoms with Crippen molar-refractivity contribution in [1.29, 1.82) is 0 Å². The van der Waals surface area contributed by atoms with Crippen LogP contribution < -0.4 is 11.1 Å². The van der Waals surface area contributed by atoms with Crippen molar-refractivity contribution < 1.29 is 14.0 Å². The number of nitrogens with zero attached hydrogens (tertiary/aromatic N) is 1. The molecule has 0 bridgehead atoms. The van der Waals surface area contributed by atoms with Gasteiger partial charge in [-0.25, -0.2) is 4.39 Å². The SMILES string of the molecule is Cc1c(N)cc(C(=O)N(C)CC(=O)NC(C)C)cc1F. The Labute approximate surface area is 117 Å². The summed E-state index contributed by atoms with van der Waals surface area (Å²) in [6.07, 6.45) is 0. The predicted molar refractivity (Wildman–Crippen MR) is 75.8 cm³/mol. The highest BCUT2D eigenvalue weighted by atomic mass is 19.1. The van der Waals surface area contributed by atoms with Gasteiger partial charge in [0.15, 0.2) is 0 Å². The van der Waals surface area contributed by atoms with E-state index in [1.54, 1.807) is 6.92 Å². The number of carbonyl (C=O) groups excluding carboxylic acids is 2. The molecule has 0 unspecified atom stereocenters. The molecular formula is C14H20FN3O2. The van der Waals surface area contributed by atoms with Crippen LogP contribution in [0.4, 0.5) is 10.1 Å². The van der Waals surface area contributed by atoms with E-state index in [4.69, 9.17) is 5.73 Å². The van der Waals surface area contributed by atoms with Crippen LogP contribution in [0.2, 0.25) is 0 Å². The first kappa shape index (κ1) is 15.9. The molecular weight excluding hydrogens is 261 g/mol. The Balaban J connectivity index is 2.82. The minimum absolute atomic E-state index is 0.00142. The number of rotatable bonds is 4. The molecule has 0 fully saturated rings. The molecule has 0 atom stereocenters. The molecule has 20 heavy (non-hydrogen) atoms. The van der Waals surface area contributed by atoms with Gasteiger partial charge in [0.05, 0.1) is 6.54 Å². The Hall–Kier alpha value is -2.11. The third-order valence-electron chi connectivity index (χ3n) is 2.81. The van der Waals surface area contributed by atoms with Crippen LogP contribution >= 0.6 is 0 Å². The molecule has 0 saturated carbocycles. The van der Waals surface area contributed by atoms with Crippen molar-refractivity contribution in [3.05, 3.63) is 29.1 Å². The van der Waals surface area contributed by atoms with Crippen LogP contribution in [-0.4, -0.2) is 36.3 Å². The number of hydrogen-bond acceptors (Lipinski definition) is 3. The van der Waals surface area contributed by atoms with Gasteiger partial charge in [-0.1, -0.05) is 0 Å². The standard InChI is InChI=1S/C14H20FN3O2/c1-8(2)17-13(19)7-18(4)14(20)10-5-11(15)9(3)12(16)6-10/h5-6,8H,7,16H2,1-4H3,(H,17,19). The van der Waals surface area contributed by atoms with Gasteiger partial charge in [0.25, 0.3) is 5.91 Å². The van der Waals surface area contributed by atoms with Gasteiger partial charge in [-0.3, -0.25) is 9.59 Å². The van der Waals surface area contributed by atoms with Crippen molar-refractivity contribution in [2.24, 2.45) is 0 Å². The summed E-state index contributed by atoms with van der Waals surface area (Å²) in [6, 6.07) is 2.54. The molecule has 3 N–H and O–H groups in total. The van der Waals surface area contributed by atoms with Gasteiger partial charge in [-0.2, -0.15) is 0 Å². The summed E-state index contributed by atoms with van der Waals surface area (Å²) in [5.74, 6) is -1.25. The second-order valence-corrected chi connectivity index (χ2v) is 5.06. The Bertz CT molecular complexity index is 506. The highest BCUT2D eigenvalue weighted by Gasteiger charge is 2.17. The average molecular weight is 281 g/mol. The Morgan fingerprint density at radius 3 is 2.50 bits per heavy atom. The molecule has 0 aromatic heterocycles. The quantitative estimate of drug-likeness (QED) is 0.817. The fraction of sp³-hybridized carbons (Fsp3) is 0.429. The number of carbonyl (C=O) groups is 2. The van der Waals surface area contributed by atoms with Crippen LogP contribution in [0.1, 0.15) is 29.8 Å². The maximum atomic E-state index is 13.6. The van der Waals surface area contributed by atoms with E-state index in [1.165, 1.54) is 18.0 Å². The van der Waals surface area contributed by atoms with Crippen molar-refractivity contribution in [3.63, 3.8) is 0 Å². The second kappa shape index (κ2) is 6.36. The normalized spacial score (nSPS) is 10.5. The molecule has 0 radical (unpaired) electrons. The van der Waals surface area contributed by atoms with Crippen molar-refractivity contribution in [2.75, 3.05) is 19.3 Å². The average Bonchev–Trinajstić information content (AvgIpc) is 2.33. The fourth-order valence-corrected chi connectivity index (χ4v) is 1.70. The summed E-state index contributed by atoms with van der Waals surface area (Å²) in [4.78, 5) is 24.9. The van der Waals surface area contributed by atoms with Crippen molar-refractivity contribution >= 4 is 17.5 Å². The van der Waals surface area contributed by atoms with Crippen molar-refractivity contribution in [2.45, 2.75) is 26.8 Å². The number of halogens is 1. The number of likely N-dealkylation sites (N-methyl/N-ethyl adjacent to an activating group) is 1. The largest absolute Gasteiger partial charge is 0.398 e. The zero-order valence-corrected chi connectivity index (χ0v) is 12.2. The summed E-state index contributed by atoms with van der Waals surface area (Å²) >= 11 is 0. The predicted octanol–water partition coefficient (Wildman–Crippen LogP) is 1.31. The number of amides is 2. The van der Waals surface area contributed by atoms with Gasteiger partial charge in [0.2, 0.25) is 5.91 Å². The summed E-state index contributed by atoms with van der Waals surface area (Å²) in [5, 5.41) is 2.68. The van der Waals surface area contributed by atoms with E-state index in [0.29, 0.717) is 5.56 Å². The molecule has 0 saturated heterocycles. The number of anilines is 1. The molecule has 5 nitrogen and oxygen atoms in total. The van der Waals surface area contributed by atoms with Gasteiger partial charge in [-0.15, -0.1) is 0 Å². The van der Waals surface area contributed by atoms with Gasteiger partial charge in [0, 0.05) is 29.9 Å². The van der Waals surface area contributed by atoms with Gasteiger partial charge < -0.3 is 16.0 Å². The highest BCUT2D eigenvalue weighted by molar-refractivity contribution is 5.97. The Morgan fingerprint density at radius 1 is 1.40 bits per heavy atom. The van der Waals surface area contributed by atoms with E-state index in [9.17, 15) is 14.0 Å². The van der Waals surface area contributed by atoms with E-state index in [2.05, 4.69) is 5.32 Å². The maximum Gasteiger partial charge on any atom is 0.254 e. The lowest BCUT2D eigenvalue weighted by molar-refractivity contribution is -0.122. The lowest BCUT2D eigenvalue weighted by Gasteiger charge is -2.18. The molecule has 1 aromatic carbocycles. The molecule has 6 heteroatoms. The number of nitrogens with one attached hydrogen (secondary N) is 1. The first-order chi connectivity index (χ1) is 9.22. The first-order valence-electron chi connectivity index (χ1n) is 6.32. The zero-order chi connectivity index (χ0) is 15.4. The van der Waals surface area contributed by atoms with Gasteiger partial charge in [0.1, 0.15) is 5.82 Å². The summed E-state index contributed by atoms with van der Waals surface area (Å²) < 4.78 is 13.6. The lowest BCUT2D eigenvalue weighted by atomic mass is 10.1. The summed E-state index contributed by atoms with van der Waals surface area (Å²) in [5.41, 5.74) is 6.29. The first-order valence-corrected chi connectivity index (χ1v) is 6.32. The Kier molecular flexibility index (Phi) is 5.07. The minimum atomic E-state index is -0.534. The summed E-state index contributed by atoms with van der Waals surface area (Å²) in [6.45, 7) is 5.11. The van der Waals surface area contributed by atoms with Crippen LogP contribution in [0.25, 0.3) is 0 Å². The van der Waals surface area contributed by atoms with Crippen LogP contribution in [-0.2, 0) is 4.79 Å². The molecule has 2 amide bonds. The zero-order valence-electron chi connectivity index (χ0n) is 12.2. The monoisotopic (exact) mass is 281 g/mol. The van der Waals surface area contributed by atoms with Crippen molar-refractivity contribution in [1.82, 2.24) is 10.2 Å². The molecule has 0 aliphatic rings. The number of nitrogens with two attached hydrogens (primary N) is 1. The highest BCUT2D eigenvalue weighted by Crippen LogP contribution is 2.18. The van der Waals surface area contributed by atoms with Crippen LogP contribution in [0.5, 0.6) is 0 Å². The Morgan fingerprint density at radius 2 is 2.00 bits per heavy atom. The number of hydrogen-bond donors (Lipinski definition) is 2. The lowest BCUT2D eigenvalue weighted by Crippen LogP contribution is -2.40. The molecule has 0 aliphatic heterocycles. The molecule has 0 heterocycles. The third kappa shape index (κ3) is 3.94. The molecule has 1 rings (SSSR count). The summed E-state index contributed by atoms with van der Waals surface area (Å²) in [7, 11) is 1.48. The molecule has 0 spiro atoms. The second-order valence-electron chi connectivity index (χ2n) is 5.06. The van der Waals surface area contributed by atoms with E-state index in [0.717, 1.165) is 6.07 Å². The minimum Gasteiger partial charge on any atom is -0.398 e. The number of benzene rings is 1. The topological polar surface area (TPSA) is 75.4 Å². The van der Waals surface area contributed by atoms with Gasteiger partial charge in [-0.05, 0) is 32.9 Å². The smallest absolute Gasteiger partial charge is 0.254 e. The van der Waals surface area contributed by atoms with E-state index in [1.807, 2.05) is 13.8 Å². The maximum absolute atomic E-state index is 13.6.